The Morgan fingerprint density at radius 3 is 3.00 bits per heavy atom. The number of rotatable bonds is 4. The molecule has 1 aliphatic heterocycles. The van der Waals surface area contributed by atoms with E-state index in [1.165, 1.54) is 37.2 Å². The van der Waals surface area contributed by atoms with Crippen molar-refractivity contribution < 1.29 is 4.74 Å². The number of hydrogen-bond acceptors (Lipinski definition) is 5. The van der Waals surface area contributed by atoms with Gasteiger partial charge < -0.3 is 10.1 Å². The molecule has 1 atom stereocenters. The van der Waals surface area contributed by atoms with E-state index in [-0.39, 0.29) is 0 Å². The second-order valence-corrected chi connectivity index (χ2v) is 5.38. The van der Waals surface area contributed by atoms with Crippen LogP contribution in [-0.2, 0) is 11.2 Å². The maximum atomic E-state index is 5.69. The molecule has 0 radical (unpaired) electrons. The molecule has 2 heterocycles. The van der Waals surface area contributed by atoms with Crippen molar-refractivity contribution >= 4 is 16.7 Å². The van der Waals surface area contributed by atoms with Crippen LogP contribution in [0.1, 0.15) is 37.9 Å². The van der Waals surface area contributed by atoms with Gasteiger partial charge in [0.25, 0.3) is 0 Å². The maximum absolute atomic E-state index is 5.69. The molecule has 1 aromatic heterocycles. The standard InChI is InChI=1S/C11H17N3OS/c1-2-6-15-9(3-1)7-10-13-11(16-14-10)12-8-4-5-8/h8-9H,1-7H2,(H,12,13,14). The van der Waals surface area contributed by atoms with Crippen LogP contribution in [-0.4, -0.2) is 28.1 Å². The van der Waals surface area contributed by atoms with Crippen molar-refractivity contribution in [2.24, 2.45) is 0 Å². The molecule has 4 nitrogen and oxygen atoms in total. The van der Waals surface area contributed by atoms with Crippen LogP contribution in [0.25, 0.3) is 0 Å². The van der Waals surface area contributed by atoms with Crippen molar-refractivity contribution in [1.82, 2.24) is 9.36 Å². The first-order chi connectivity index (χ1) is 7.90. The molecule has 1 saturated carbocycles. The first-order valence-electron chi connectivity index (χ1n) is 6.11. The van der Waals surface area contributed by atoms with Crippen LogP contribution in [0.15, 0.2) is 0 Å². The summed E-state index contributed by atoms with van der Waals surface area (Å²) in [4.78, 5) is 4.50. The van der Waals surface area contributed by atoms with E-state index in [0.717, 1.165) is 30.4 Å². The molecule has 16 heavy (non-hydrogen) atoms. The quantitative estimate of drug-likeness (QED) is 0.875. The van der Waals surface area contributed by atoms with E-state index >= 15 is 0 Å². The third-order valence-electron chi connectivity index (χ3n) is 3.06. The first-order valence-corrected chi connectivity index (χ1v) is 6.88. The van der Waals surface area contributed by atoms with Crippen LogP contribution in [0.3, 0.4) is 0 Å². The second-order valence-electron chi connectivity index (χ2n) is 4.63. The van der Waals surface area contributed by atoms with Gasteiger partial charge in [0, 0.05) is 30.6 Å². The van der Waals surface area contributed by atoms with Gasteiger partial charge in [-0.25, -0.2) is 4.98 Å². The molecule has 0 spiro atoms. The molecule has 2 fully saturated rings. The van der Waals surface area contributed by atoms with Crippen molar-refractivity contribution in [3.63, 3.8) is 0 Å². The van der Waals surface area contributed by atoms with Gasteiger partial charge in [-0.15, -0.1) is 0 Å². The molecule has 1 saturated heterocycles. The van der Waals surface area contributed by atoms with Crippen LogP contribution in [0, 0.1) is 0 Å². The minimum Gasteiger partial charge on any atom is -0.378 e. The number of ether oxygens (including phenoxy) is 1. The van der Waals surface area contributed by atoms with Crippen LogP contribution < -0.4 is 5.32 Å². The number of nitrogens with one attached hydrogen (secondary N) is 1. The molecule has 1 aliphatic carbocycles. The van der Waals surface area contributed by atoms with E-state index < -0.39 is 0 Å². The fraction of sp³-hybridized carbons (Fsp3) is 0.818. The van der Waals surface area contributed by atoms with E-state index in [0.29, 0.717) is 12.1 Å². The summed E-state index contributed by atoms with van der Waals surface area (Å²) in [5.41, 5.74) is 0. The summed E-state index contributed by atoms with van der Waals surface area (Å²) in [7, 11) is 0. The smallest absolute Gasteiger partial charge is 0.202 e. The molecule has 88 valence electrons. The predicted octanol–water partition coefficient (Wildman–Crippen LogP) is 2.22. The molecule has 5 heteroatoms. The van der Waals surface area contributed by atoms with E-state index in [2.05, 4.69) is 14.7 Å². The highest BCUT2D eigenvalue weighted by molar-refractivity contribution is 7.09. The average molecular weight is 239 g/mol. The Balaban J connectivity index is 1.54. The second kappa shape index (κ2) is 4.67. The molecule has 2 aliphatic rings. The van der Waals surface area contributed by atoms with Crippen LogP contribution in [0.2, 0.25) is 0 Å². The summed E-state index contributed by atoms with van der Waals surface area (Å²) in [6.45, 7) is 0.905. The Kier molecular flexibility index (Phi) is 3.06. The van der Waals surface area contributed by atoms with E-state index in [9.17, 15) is 0 Å². The normalized spacial score (nSPS) is 25.6. The Bertz CT molecular complexity index is 345. The first kappa shape index (κ1) is 10.5. The molecule has 1 N–H and O–H groups in total. The van der Waals surface area contributed by atoms with Gasteiger partial charge in [-0.1, -0.05) is 0 Å². The lowest BCUT2D eigenvalue weighted by molar-refractivity contribution is 0.0158. The summed E-state index contributed by atoms with van der Waals surface area (Å²) in [5, 5.41) is 4.36. The Labute approximate surface area is 99.6 Å². The summed E-state index contributed by atoms with van der Waals surface area (Å²) in [6, 6.07) is 0.659. The minimum atomic E-state index is 0.345. The van der Waals surface area contributed by atoms with Gasteiger partial charge >= 0.3 is 0 Å². The average Bonchev–Trinajstić information content (AvgIpc) is 3.01. The zero-order valence-electron chi connectivity index (χ0n) is 9.32. The highest BCUT2D eigenvalue weighted by atomic mass is 32.1. The zero-order chi connectivity index (χ0) is 10.8. The molecule has 1 aromatic rings. The van der Waals surface area contributed by atoms with Crippen LogP contribution in [0.5, 0.6) is 0 Å². The molecular weight excluding hydrogens is 222 g/mol. The highest BCUT2D eigenvalue weighted by Crippen LogP contribution is 2.26. The van der Waals surface area contributed by atoms with Gasteiger partial charge in [0.05, 0.1) is 6.10 Å². The van der Waals surface area contributed by atoms with Gasteiger partial charge in [-0.3, -0.25) is 0 Å². The highest BCUT2D eigenvalue weighted by Gasteiger charge is 2.23. The van der Waals surface area contributed by atoms with Crippen molar-refractivity contribution in [1.29, 1.82) is 0 Å². The third-order valence-corrected chi connectivity index (χ3v) is 3.74. The van der Waals surface area contributed by atoms with Gasteiger partial charge in [0.15, 0.2) is 0 Å². The molecule has 3 rings (SSSR count). The Morgan fingerprint density at radius 2 is 2.25 bits per heavy atom. The largest absolute Gasteiger partial charge is 0.378 e. The lowest BCUT2D eigenvalue weighted by Gasteiger charge is -2.21. The zero-order valence-corrected chi connectivity index (χ0v) is 10.1. The number of nitrogens with zero attached hydrogens (tertiary/aromatic N) is 2. The number of hydrogen-bond donors (Lipinski definition) is 1. The summed E-state index contributed by atoms with van der Waals surface area (Å²) >= 11 is 1.48. The molecule has 0 amide bonds. The fourth-order valence-corrected chi connectivity index (χ4v) is 2.64. The predicted molar refractivity (Wildman–Crippen MR) is 63.8 cm³/mol. The minimum absolute atomic E-state index is 0.345. The summed E-state index contributed by atoms with van der Waals surface area (Å²) < 4.78 is 10.1. The number of aromatic nitrogens is 2. The fourth-order valence-electron chi connectivity index (χ4n) is 1.97. The van der Waals surface area contributed by atoms with Crippen molar-refractivity contribution in [2.45, 2.75) is 50.7 Å². The van der Waals surface area contributed by atoms with Gasteiger partial charge in [0.2, 0.25) is 5.13 Å². The summed E-state index contributed by atoms with van der Waals surface area (Å²) in [6.07, 6.45) is 7.42. The lowest BCUT2D eigenvalue weighted by Crippen LogP contribution is -2.21. The van der Waals surface area contributed by atoms with Gasteiger partial charge in [0.1, 0.15) is 5.82 Å². The topological polar surface area (TPSA) is 47.0 Å². The van der Waals surface area contributed by atoms with E-state index in [1.807, 2.05) is 0 Å². The lowest BCUT2D eigenvalue weighted by atomic mass is 10.1. The Hall–Kier alpha value is -0.680. The van der Waals surface area contributed by atoms with E-state index in [1.54, 1.807) is 0 Å². The molecule has 0 aromatic carbocycles. The Morgan fingerprint density at radius 1 is 1.31 bits per heavy atom. The van der Waals surface area contributed by atoms with Gasteiger partial charge in [-0.05, 0) is 32.1 Å². The molecular formula is C11H17N3OS. The SMILES string of the molecule is C1CCC(Cc2nsc(NC3CC3)n2)OC1. The molecule has 1 unspecified atom stereocenters. The van der Waals surface area contributed by atoms with Crippen LogP contribution >= 0.6 is 11.5 Å². The van der Waals surface area contributed by atoms with Crippen molar-refractivity contribution in [3.8, 4) is 0 Å². The van der Waals surface area contributed by atoms with Gasteiger partial charge in [-0.2, -0.15) is 4.37 Å². The van der Waals surface area contributed by atoms with Crippen LogP contribution in [0.4, 0.5) is 5.13 Å². The van der Waals surface area contributed by atoms with Crippen molar-refractivity contribution in [3.05, 3.63) is 5.82 Å². The third kappa shape index (κ3) is 2.71. The summed E-state index contributed by atoms with van der Waals surface area (Å²) in [5.74, 6) is 0.944. The maximum Gasteiger partial charge on any atom is 0.202 e. The number of anilines is 1. The molecule has 0 bridgehead atoms. The van der Waals surface area contributed by atoms with Crippen molar-refractivity contribution in [2.75, 3.05) is 11.9 Å². The monoisotopic (exact) mass is 239 g/mol. The van der Waals surface area contributed by atoms with E-state index in [4.69, 9.17) is 4.74 Å².